The molecule has 3 atom stereocenters. The molecule has 140 valence electrons. The van der Waals surface area contributed by atoms with E-state index >= 15 is 0 Å². The molecule has 1 aliphatic heterocycles. The van der Waals surface area contributed by atoms with Crippen LogP contribution in [0.2, 0.25) is 0 Å². The van der Waals surface area contributed by atoms with E-state index in [1.165, 1.54) is 31.2 Å². The molecule has 0 bridgehead atoms. The smallest absolute Gasteiger partial charge is 0.313 e. The van der Waals surface area contributed by atoms with Crippen LogP contribution in [0.4, 0.5) is 5.69 Å². The highest BCUT2D eigenvalue weighted by atomic mass is 16.6. The van der Waals surface area contributed by atoms with Gasteiger partial charge in [0.25, 0.3) is 5.69 Å². The fourth-order valence-corrected chi connectivity index (χ4v) is 2.68. The summed E-state index contributed by atoms with van der Waals surface area (Å²) in [7, 11) is 0. The maximum absolute atomic E-state index is 12.0. The van der Waals surface area contributed by atoms with E-state index < -0.39 is 40.7 Å². The quantitative estimate of drug-likeness (QED) is 0.230. The third-order valence-electron chi connectivity index (χ3n) is 4.71. The summed E-state index contributed by atoms with van der Waals surface area (Å²) in [6.45, 7) is 2.95. The van der Waals surface area contributed by atoms with Gasteiger partial charge in [0.1, 0.15) is 18.8 Å². The van der Waals surface area contributed by atoms with Gasteiger partial charge in [-0.3, -0.25) is 24.5 Å². The molecule has 0 saturated carbocycles. The van der Waals surface area contributed by atoms with Crippen molar-refractivity contribution in [2.45, 2.75) is 45.4 Å². The Morgan fingerprint density at radius 2 is 2.00 bits per heavy atom. The predicted molar refractivity (Wildman–Crippen MR) is 88.9 cm³/mol. The molecule has 2 N–H and O–H groups in total. The number of aliphatic hydroxyl groups excluding tert-OH is 1. The summed E-state index contributed by atoms with van der Waals surface area (Å²) in [5.74, 6) is -1.46. The Morgan fingerprint density at radius 3 is 2.50 bits per heavy atom. The fourth-order valence-electron chi connectivity index (χ4n) is 2.68. The van der Waals surface area contributed by atoms with E-state index in [1.807, 2.05) is 0 Å². The number of amides is 1. The van der Waals surface area contributed by atoms with E-state index in [-0.39, 0.29) is 24.6 Å². The number of carbonyl (C=O) groups excluding carboxylic acids is 3. The van der Waals surface area contributed by atoms with Crippen LogP contribution in [0.1, 0.15) is 32.3 Å². The van der Waals surface area contributed by atoms with Crippen molar-refractivity contribution < 1.29 is 29.2 Å². The van der Waals surface area contributed by atoms with Crippen LogP contribution in [-0.4, -0.2) is 39.8 Å². The van der Waals surface area contributed by atoms with Gasteiger partial charge >= 0.3 is 5.97 Å². The Morgan fingerprint density at radius 1 is 1.38 bits per heavy atom. The normalized spacial score (nSPS) is 22.7. The molecule has 9 nitrogen and oxygen atoms in total. The Labute approximate surface area is 149 Å². The van der Waals surface area contributed by atoms with Gasteiger partial charge in [0.15, 0.2) is 0 Å². The molecule has 26 heavy (non-hydrogen) atoms. The number of esters is 1. The van der Waals surface area contributed by atoms with E-state index in [0.717, 1.165) is 0 Å². The number of nitro groups is 1. The number of non-ortho nitro benzene ring substituents is 1. The molecule has 1 fully saturated rings. The van der Waals surface area contributed by atoms with Crippen LogP contribution in [0, 0.1) is 15.5 Å². The lowest BCUT2D eigenvalue weighted by Crippen LogP contribution is -2.70. The average Bonchev–Trinajstić information content (AvgIpc) is 2.59. The topological polar surface area (TPSA) is 136 Å². The molecule has 1 aromatic rings. The molecule has 1 aliphatic rings. The molecule has 1 aromatic carbocycles. The average molecular weight is 364 g/mol. The molecule has 1 heterocycles. The molecule has 1 unspecified atom stereocenters. The number of carbonyl (C=O) groups is 3. The second kappa shape index (κ2) is 7.61. The van der Waals surface area contributed by atoms with Crippen LogP contribution in [-0.2, 0) is 25.7 Å². The zero-order valence-electron chi connectivity index (χ0n) is 14.4. The molecule has 1 saturated heterocycles. The minimum absolute atomic E-state index is 0.0697. The number of hydrogen-bond acceptors (Lipinski definition) is 7. The summed E-state index contributed by atoms with van der Waals surface area (Å²) in [6, 6.07) is 5.00. The predicted octanol–water partition coefficient (Wildman–Crippen LogP) is 0.873. The fraction of sp³-hybridized carbons (Fsp3) is 0.471. The van der Waals surface area contributed by atoms with Gasteiger partial charge in [-0.05, 0) is 31.5 Å². The van der Waals surface area contributed by atoms with Crippen LogP contribution < -0.4 is 5.32 Å². The Balaban J connectivity index is 1.80. The summed E-state index contributed by atoms with van der Waals surface area (Å²) < 4.78 is 4.99. The maximum atomic E-state index is 12.0. The van der Waals surface area contributed by atoms with Crippen molar-refractivity contribution in [2.75, 3.05) is 0 Å². The maximum Gasteiger partial charge on any atom is 0.313 e. The zero-order chi connectivity index (χ0) is 19.5. The number of nitrogens with zero attached hydrogens (tertiary/aromatic N) is 1. The van der Waals surface area contributed by atoms with Gasteiger partial charge in [0, 0.05) is 18.6 Å². The number of ether oxygens (including phenoxy) is 1. The molecule has 1 amide bonds. The van der Waals surface area contributed by atoms with Gasteiger partial charge in [-0.1, -0.05) is 0 Å². The van der Waals surface area contributed by atoms with Gasteiger partial charge in [-0.2, -0.15) is 0 Å². The van der Waals surface area contributed by atoms with Crippen molar-refractivity contribution in [3.63, 3.8) is 0 Å². The standard InChI is InChI=1S/C17H20N2O7/c1-10(20)17(2)14(18-16(17)23)7-13(21)8-15(22)26-9-11-3-5-12(6-4-11)19(24)25/h3-6,10,14,20H,7-9H2,1-2H3,(H,18,23)/t10-,14?,17-/m1/s1. The SMILES string of the molecule is C[C@@H](O)[C@@]1(C)C(=O)NC1CC(=O)CC(=O)OCc1ccc([N+](=O)[O-])cc1. The van der Waals surface area contributed by atoms with Crippen molar-refractivity contribution >= 4 is 23.3 Å². The van der Waals surface area contributed by atoms with E-state index in [9.17, 15) is 29.6 Å². The summed E-state index contributed by atoms with van der Waals surface area (Å²) >= 11 is 0. The number of rotatable bonds is 8. The lowest BCUT2D eigenvalue weighted by atomic mass is 9.68. The number of hydrogen-bond donors (Lipinski definition) is 2. The molecule has 0 aromatic heterocycles. The second-order valence-electron chi connectivity index (χ2n) is 6.49. The number of nitrogens with one attached hydrogen (secondary N) is 1. The highest BCUT2D eigenvalue weighted by Crippen LogP contribution is 2.36. The van der Waals surface area contributed by atoms with Crippen LogP contribution in [0.5, 0.6) is 0 Å². The van der Waals surface area contributed by atoms with Crippen LogP contribution >= 0.6 is 0 Å². The number of Topliss-reactive ketones (excluding diaryl/α,β-unsaturated/α-hetero) is 1. The molecular weight excluding hydrogens is 344 g/mol. The minimum atomic E-state index is -1.04. The van der Waals surface area contributed by atoms with Gasteiger partial charge in [-0.15, -0.1) is 0 Å². The summed E-state index contributed by atoms with van der Waals surface area (Å²) in [6.07, 6.45) is -1.43. The summed E-state index contributed by atoms with van der Waals surface area (Å²) in [5, 5.41) is 22.9. The van der Waals surface area contributed by atoms with Crippen LogP contribution in [0.25, 0.3) is 0 Å². The first-order chi connectivity index (χ1) is 12.1. The molecule has 0 spiro atoms. The van der Waals surface area contributed by atoms with Gasteiger partial charge in [0.05, 0.1) is 22.5 Å². The largest absolute Gasteiger partial charge is 0.460 e. The number of β-lactam (4-membered cyclic amide) rings is 1. The van der Waals surface area contributed by atoms with Crippen molar-refractivity contribution in [2.24, 2.45) is 5.41 Å². The first-order valence-corrected chi connectivity index (χ1v) is 8.04. The van der Waals surface area contributed by atoms with Gasteiger partial charge in [-0.25, -0.2) is 0 Å². The number of aliphatic hydroxyl groups is 1. The summed E-state index contributed by atoms with van der Waals surface area (Å²) in [5.41, 5.74) is -0.554. The third kappa shape index (κ3) is 4.05. The van der Waals surface area contributed by atoms with Crippen molar-refractivity contribution in [3.05, 3.63) is 39.9 Å². The lowest BCUT2D eigenvalue weighted by molar-refractivity contribution is -0.384. The van der Waals surface area contributed by atoms with Crippen LogP contribution in [0.3, 0.4) is 0 Å². The molecule has 2 rings (SSSR count). The third-order valence-corrected chi connectivity index (χ3v) is 4.71. The summed E-state index contributed by atoms with van der Waals surface area (Å²) in [4.78, 5) is 45.4. The monoisotopic (exact) mass is 364 g/mol. The number of benzene rings is 1. The van der Waals surface area contributed by atoms with E-state index in [2.05, 4.69) is 5.32 Å². The Bertz CT molecular complexity index is 729. The van der Waals surface area contributed by atoms with Crippen molar-refractivity contribution in [3.8, 4) is 0 Å². The molecule has 0 aliphatic carbocycles. The first kappa shape index (κ1) is 19.5. The molecule has 0 radical (unpaired) electrons. The van der Waals surface area contributed by atoms with Gasteiger partial charge < -0.3 is 15.2 Å². The minimum Gasteiger partial charge on any atom is -0.460 e. The van der Waals surface area contributed by atoms with Crippen molar-refractivity contribution in [1.29, 1.82) is 0 Å². The second-order valence-corrected chi connectivity index (χ2v) is 6.49. The molecule has 9 heteroatoms. The van der Waals surface area contributed by atoms with Crippen LogP contribution in [0.15, 0.2) is 24.3 Å². The van der Waals surface area contributed by atoms with E-state index in [0.29, 0.717) is 5.56 Å². The highest BCUT2D eigenvalue weighted by molar-refractivity contribution is 5.98. The van der Waals surface area contributed by atoms with E-state index in [4.69, 9.17) is 4.74 Å². The number of ketones is 1. The molecular formula is C17H20N2O7. The zero-order valence-corrected chi connectivity index (χ0v) is 14.4. The van der Waals surface area contributed by atoms with Crippen molar-refractivity contribution in [1.82, 2.24) is 5.32 Å². The first-order valence-electron chi connectivity index (χ1n) is 8.04. The Kier molecular flexibility index (Phi) is 5.71. The highest BCUT2D eigenvalue weighted by Gasteiger charge is 2.54. The van der Waals surface area contributed by atoms with Gasteiger partial charge in [0.2, 0.25) is 5.91 Å². The number of nitro benzene ring substituents is 1. The van der Waals surface area contributed by atoms with E-state index in [1.54, 1.807) is 6.92 Å². The Hall–Kier alpha value is -2.81. The lowest BCUT2D eigenvalue weighted by Gasteiger charge is -2.48.